The van der Waals surface area contributed by atoms with Gasteiger partial charge >= 0.3 is 6.03 Å². The number of imide groups is 1. The lowest BCUT2D eigenvalue weighted by Gasteiger charge is -2.23. The SMILES string of the molecule is O=C(CN1CCCNc2ccccc21)NC(=O)NC1CC1. The van der Waals surface area contributed by atoms with Gasteiger partial charge in [0, 0.05) is 19.1 Å². The molecule has 2 aliphatic rings. The lowest BCUT2D eigenvalue weighted by atomic mass is 10.2. The second-order valence-electron chi connectivity index (χ2n) is 5.51. The number of amides is 3. The molecule has 0 atom stereocenters. The predicted molar refractivity (Wildman–Crippen MR) is 81.5 cm³/mol. The second-order valence-corrected chi connectivity index (χ2v) is 5.51. The summed E-state index contributed by atoms with van der Waals surface area (Å²) in [6, 6.07) is 7.79. The number of nitrogens with zero attached hydrogens (tertiary/aromatic N) is 1. The zero-order chi connectivity index (χ0) is 14.7. The van der Waals surface area contributed by atoms with Crippen LogP contribution < -0.4 is 20.9 Å². The van der Waals surface area contributed by atoms with Crippen molar-refractivity contribution in [2.45, 2.75) is 25.3 Å². The van der Waals surface area contributed by atoms with Gasteiger partial charge in [-0.25, -0.2) is 4.79 Å². The topological polar surface area (TPSA) is 73.5 Å². The minimum absolute atomic E-state index is 0.191. The van der Waals surface area contributed by atoms with E-state index in [0.29, 0.717) is 0 Å². The highest BCUT2D eigenvalue weighted by Crippen LogP contribution is 2.27. The molecular formula is C15H20N4O2. The van der Waals surface area contributed by atoms with Crippen molar-refractivity contribution in [3.63, 3.8) is 0 Å². The molecule has 1 fully saturated rings. The zero-order valence-corrected chi connectivity index (χ0v) is 11.9. The first-order valence-electron chi connectivity index (χ1n) is 7.40. The average molecular weight is 288 g/mol. The van der Waals surface area contributed by atoms with Crippen LogP contribution in [-0.2, 0) is 4.79 Å². The Morgan fingerprint density at radius 2 is 2.10 bits per heavy atom. The molecule has 1 aliphatic heterocycles. The summed E-state index contributed by atoms with van der Waals surface area (Å²) in [5.74, 6) is -0.273. The number of hydrogen-bond donors (Lipinski definition) is 3. The van der Waals surface area contributed by atoms with Crippen molar-refractivity contribution in [2.75, 3.05) is 29.9 Å². The number of fused-ring (bicyclic) bond motifs is 1. The number of anilines is 2. The summed E-state index contributed by atoms with van der Waals surface area (Å²) in [4.78, 5) is 25.6. The minimum atomic E-state index is -0.385. The van der Waals surface area contributed by atoms with E-state index in [-0.39, 0.29) is 24.5 Å². The van der Waals surface area contributed by atoms with Crippen molar-refractivity contribution in [3.05, 3.63) is 24.3 Å². The Kier molecular flexibility index (Phi) is 3.94. The quantitative estimate of drug-likeness (QED) is 0.784. The largest absolute Gasteiger partial charge is 0.383 e. The van der Waals surface area contributed by atoms with Crippen molar-refractivity contribution in [3.8, 4) is 0 Å². The number of hydrogen-bond acceptors (Lipinski definition) is 4. The molecule has 0 radical (unpaired) electrons. The highest BCUT2D eigenvalue weighted by molar-refractivity contribution is 5.97. The first-order valence-corrected chi connectivity index (χ1v) is 7.40. The van der Waals surface area contributed by atoms with E-state index in [1.165, 1.54) is 0 Å². The molecule has 1 saturated carbocycles. The molecule has 0 saturated heterocycles. The number of urea groups is 1. The normalized spacial score (nSPS) is 17.2. The van der Waals surface area contributed by atoms with Gasteiger partial charge in [0.2, 0.25) is 5.91 Å². The minimum Gasteiger partial charge on any atom is -0.383 e. The average Bonchev–Trinajstić information content (AvgIpc) is 3.27. The summed E-state index contributed by atoms with van der Waals surface area (Å²) in [5.41, 5.74) is 2.04. The van der Waals surface area contributed by atoms with Crippen molar-refractivity contribution in [2.24, 2.45) is 0 Å². The monoisotopic (exact) mass is 288 g/mol. The molecule has 1 aromatic carbocycles. The van der Waals surface area contributed by atoms with Gasteiger partial charge in [0.05, 0.1) is 17.9 Å². The van der Waals surface area contributed by atoms with E-state index in [4.69, 9.17) is 0 Å². The number of benzene rings is 1. The number of carbonyl (C=O) groups excluding carboxylic acids is 2. The van der Waals surface area contributed by atoms with Crippen LogP contribution in [0, 0.1) is 0 Å². The summed E-state index contributed by atoms with van der Waals surface area (Å²) >= 11 is 0. The molecule has 0 unspecified atom stereocenters. The lowest BCUT2D eigenvalue weighted by Crippen LogP contribution is -2.45. The van der Waals surface area contributed by atoms with Crippen LogP contribution in [0.15, 0.2) is 24.3 Å². The molecular weight excluding hydrogens is 268 g/mol. The Morgan fingerprint density at radius 3 is 2.90 bits per heavy atom. The fraction of sp³-hybridized carbons (Fsp3) is 0.467. The van der Waals surface area contributed by atoms with E-state index >= 15 is 0 Å². The van der Waals surface area contributed by atoms with Crippen LogP contribution in [0.4, 0.5) is 16.2 Å². The van der Waals surface area contributed by atoms with Crippen molar-refractivity contribution >= 4 is 23.3 Å². The van der Waals surface area contributed by atoms with Crippen LogP contribution in [0.1, 0.15) is 19.3 Å². The Labute approximate surface area is 123 Å². The van der Waals surface area contributed by atoms with Crippen LogP contribution in [0.2, 0.25) is 0 Å². The second kappa shape index (κ2) is 6.03. The van der Waals surface area contributed by atoms with E-state index in [1.54, 1.807) is 0 Å². The van der Waals surface area contributed by atoms with Crippen LogP contribution in [0.25, 0.3) is 0 Å². The van der Waals surface area contributed by atoms with Gasteiger partial charge in [-0.15, -0.1) is 0 Å². The fourth-order valence-corrected chi connectivity index (χ4v) is 2.47. The summed E-state index contributed by atoms with van der Waals surface area (Å²) in [6.07, 6.45) is 2.97. The fourth-order valence-electron chi connectivity index (χ4n) is 2.47. The third-order valence-electron chi connectivity index (χ3n) is 3.66. The van der Waals surface area contributed by atoms with Crippen molar-refractivity contribution < 1.29 is 9.59 Å². The predicted octanol–water partition coefficient (Wildman–Crippen LogP) is 1.30. The molecule has 1 aliphatic carbocycles. The Balaban J connectivity index is 1.60. The maximum absolute atomic E-state index is 12.0. The first kappa shape index (κ1) is 13.7. The molecule has 3 amide bonds. The van der Waals surface area contributed by atoms with Crippen LogP contribution in [0.3, 0.4) is 0 Å². The van der Waals surface area contributed by atoms with E-state index in [2.05, 4.69) is 16.0 Å². The highest BCUT2D eigenvalue weighted by atomic mass is 16.2. The third kappa shape index (κ3) is 3.65. The van der Waals surface area contributed by atoms with Crippen molar-refractivity contribution in [1.29, 1.82) is 0 Å². The molecule has 0 spiro atoms. The van der Waals surface area contributed by atoms with E-state index in [1.807, 2.05) is 29.2 Å². The number of para-hydroxylation sites is 2. The molecule has 21 heavy (non-hydrogen) atoms. The Morgan fingerprint density at radius 1 is 1.29 bits per heavy atom. The number of carbonyl (C=O) groups is 2. The summed E-state index contributed by atoms with van der Waals surface area (Å²) in [5, 5.41) is 8.50. The highest BCUT2D eigenvalue weighted by Gasteiger charge is 2.24. The number of rotatable bonds is 3. The van der Waals surface area contributed by atoms with Crippen LogP contribution in [0.5, 0.6) is 0 Å². The maximum Gasteiger partial charge on any atom is 0.321 e. The molecule has 6 heteroatoms. The van der Waals surface area contributed by atoms with Gasteiger partial charge in [-0.05, 0) is 31.4 Å². The van der Waals surface area contributed by atoms with Crippen LogP contribution in [-0.4, -0.2) is 37.6 Å². The molecule has 1 aromatic rings. The van der Waals surface area contributed by atoms with Gasteiger partial charge in [0.1, 0.15) is 0 Å². The van der Waals surface area contributed by atoms with Gasteiger partial charge in [-0.2, -0.15) is 0 Å². The third-order valence-corrected chi connectivity index (χ3v) is 3.66. The molecule has 3 N–H and O–H groups in total. The Bertz CT molecular complexity index is 542. The van der Waals surface area contributed by atoms with E-state index < -0.39 is 0 Å². The van der Waals surface area contributed by atoms with Gasteiger partial charge < -0.3 is 15.5 Å². The summed E-state index contributed by atoms with van der Waals surface area (Å²) in [7, 11) is 0. The molecule has 1 heterocycles. The first-order chi connectivity index (χ1) is 10.2. The Hall–Kier alpha value is -2.24. The zero-order valence-electron chi connectivity index (χ0n) is 11.9. The molecule has 0 bridgehead atoms. The molecule has 6 nitrogen and oxygen atoms in total. The molecule has 112 valence electrons. The van der Waals surface area contributed by atoms with Crippen LogP contribution >= 0.6 is 0 Å². The van der Waals surface area contributed by atoms with Gasteiger partial charge in [0.15, 0.2) is 0 Å². The lowest BCUT2D eigenvalue weighted by molar-refractivity contribution is -0.118. The van der Waals surface area contributed by atoms with E-state index in [0.717, 1.165) is 43.7 Å². The summed E-state index contributed by atoms with van der Waals surface area (Å²) < 4.78 is 0. The summed E-state index contributed by atoms with van der Waals surface area (Å²) in [6.45, 7) is 1.87. The van der Waals surface area contributed by atoms with E-state index in [9.17, 15) is 9.59 Å². The van der Waals surface area contributed by atoms with Gasteiger partial charge in [-0.1, -0.05) is 12.1 Å². The van der Waals surface area contributed by atoms with Gasteiger partial charge in [-0.3, -0.25) is 10.1 Å². The van der Waals surface area contributed by atoms with Crippen molar-refractivity contribution in [1.82, 2.24) is 10.6 Å². The number of nitrogens with one attached hydrogen (secondary N) is 3. The van der Waals surface area contributed by atoms with Gasteiger partial charge in [0.25, 0.3) is 0 Å². The molecule has 3 rings (SSSR count). The smallest absolute Gasteiger partial charge is 0.321 e. The standard InChI is InChI=1S/C15H20N4O2/c20-14(18-15(21)17-11-6-7-11)10-19-9-3-8-16-12-4-1-2-5-13(12)19/h1-2,4-5,11,16H,3,6-10H2,(H2,17,18,20,21). The maximum atomic E-state index is 12.0. The molecule has 0 aromatic heterocycles.